The van der Waals surface area contributed by atoms with Crippen LogP contribution in [0.15, 0.2) is 35.4 Å². The summed E-state index contributed by atoms with van der Waals surface area (Å²) in [7, 11) is 4.49. The molecule has 0 bridgehead atoms. The van der Waals surface area contributed by atoms with Gasteiger partial charge < -0.3 is 24.8 Å². The van der Waals surface area contributed by atoms with Gasteiger partial charge in [-0.2, -0.15) is 5.10 Å². The predicted octanol–water partition coefficient (Wildman–Crippen LogP) is 2.75. The lowest BCUT2D eigenvalue weighted by molar-refractivity contribution is 0.184. The highest BCUT2D eigenvalue weighted by atomic mass is 19.1. The molecule has 0 aliphatic carbocycles. The number of carbonyl (C=O) groups is 1. The van der Waals surface area contributed by atoms with E-state index < -0.39 is 5.82 Å². The molecule has 1 unspecified atom stereocenters. The summed E-state index contributed by atoms with van der Waals surface area (Å²) in [4.78, 5) is 14.7. The van der Waals surface area contributed by atoms with Gasteiger partial charge >= 0.3 is 6.03 Å². The van der Waals surface area contributed by atoms with Gasteiger partial charge in [-0.3, -0.25) is 0 Å². The Morgan fingerprint density at radius 2 is 1.97 bits per heavy atom. The number of anilines is 1. The first-order chi connectivity index (χ1) is 15.9. The van der Waals surface area contributed by atoms with Crippen LogP contribution < -0.4 is 19.7 Å². The molecule has 0 saturated carbocycles. The van der Waals surface area contributed by atoms with Crippen LogP contribution >= 0.6 is 0 Å². The number of nitrogens with zero attached hydrogens (tertiary/aromatic N) is 3. The molecule has 2 aliphatic rings. The summed E-state index contributed by atoms with van der Waals surface area (Å²) < 4.78 is 26.3. The maximum absolute atomic E-state index is 15.3. The van der Waals surface area contributed by atoms with E-state index in [0.29, 0.717) is 34.7 Å². The molecule has 2 N–H and O–H groups in total. The van der Waals surface area contributed by atoms with Gasteiger partial charge in [0, 0.05) is 43.0 Å². The van der Waals surface area contributed by atoms with E-state index in [-0.39, 0.29) is 30.3 Å². The van der Waals surface area contributed by atoms with Crippen molar-refractivity contribution in [1.82, 2.24) is 10.3 Å². The van der Waals surface area contributed by atoms with E-state index in [0.717, 1.165) is 18.7 Å². The number of halogens is 1. The fraction of sp³-hybridized carbons (Fsp3) is 0.417. The molecule has 1 saturated heterocycles. The van der Waals surface area contributed by atoms with Crippen molar-refractivity contribution in [3.8, 4) is 11.5 Å². The number of fused-ring (bicyclic) bond motifs is 1. The van der Waals surface area contributed by atoms with Crippen molar-refractivity contribution in [3.63, 3.8) is 0 Å². The van der Waals surface area contributed by atoms with Crippen molar-refractivity contribution in [3.05, 3.63) is 52.8 Å². The molecule has 0 spiro atoms. The minimum absolute atomic E-state index is 0.255. The van der Waals surface area contributed by atoms with Crippen molar-refractivity contribution in [2.24, 2.45) is 5.10 Å². The molecule has 2 aliphatic heterocycles. The minimum atomic E-state index is -0.441. The van der Waals surface area contributed by atoms with Crippen LogP contribution in [0.4, 0.5) is 14.9 Å². The summed E-state index contributed by atoms with van der Waals surface area (Å²) in [5.41, 5.74) is 2.98. The summed E-state index contributed by atoms with van der Waals surface area (Å²) in [6.45, 7) is 3.19. The number of aliphatic hydroxyl groups excluding tert-OH is 1. The standard InChI is InChI=1S/C24H29FN4O4/c1-14-11-18-19(25)12-20(32-3)23(33-4)21(18)22(27-29(14)24(31)26-2)15-5-7-16(8-6-15)28-10-9-17(30)13-28/h5-8,12,14,17,30H,9-11,13H2,1-4H3,(H,26,31)/t14?,17-/m1/s1. The quantitative estimate of drug-likeness (QED) is 0.739. The molecule has 2 heterocycles. The Labute approximate surface area is 192 Å². The fourth-order valence-electron chi connectivity index (χ4n) is 4.46. The summed E-state index contributed by atoms with van der Waals surface area (Å²) >= 11 is 0. The highest BCUT2D eigenvalue weighted by Crippen LogP contribution is 2.39. The van der Waals surface area contributed by atoms with Crippen LogP contribution in [-0.4, -0.2) is 68.4 Å². The number of hydrazone groups is 1. The zero-order valence-corrected chi connectivity index (χ0v) is 19.3. The number of urea groups is 1. The van der Waals surface area contributed by atoms with Crippen molar-refractivity contribution in [2.75, 3.05) is 39.3 Å². The van der Waals surface area contributed by atoms with Crippen LogP contribution in [0.5, 0.6) is 11.5 Å². The maximum atomic E-state index is 15.3. The lowest BCUT2D eigenvalue weighted by Crippen LogP contribution is -2.41. The SMILES string of the molecule is CNC(=O)N1N=C(c2ccc(N3CC[C@@H](O)C3)cc2)c2c(c(F)cc(OC)c2OC)CC1C. The normalized spacial score (nSPS) is 20.1. The first-order valence-electron chi connectivity index (χ1n) is 10.9. The summed E-state index contributed by atoms with van der Waals surface area (Å²) in [6, 6.07) is 8.18. The third-order valence-electron chi connectivity index (χ3n) is 6.18. The lowest BCUT2D eigenvalue weighted by atomic mass is 9.92. The Balaban J connectivity index is 1.88. The number of hydrogen-bond acceptors (Lipinski definition) is 6. The average Bonchev–Trinajstić information content (AvgIpc) is 3.19. The van der Waals surface area contributed by atoms with Gasteiger partial charge in [0.05, 0.1) is 31.9 Å². The lowest BCUT2D eigenvalue weighted by Gasteiger charge is -2.22. The van der Waals surface area contributed by atoms with Crippen LogP contribution in [0, 0.1) is 5.82 Å². The third-order valence-corrected chi connectivity index (χ3v) is 6.18. The van der Waals surface area contributed by atoms with Gasteiger partial charge in [0.25, 0.3) is 0 Å². The van der Waals surface area contributed by atoms with Gasteiger partial charge in [0.15, 0.2) is 11.5 Å². The van der Waals surface area contributed by atoms with Crippen LogP contribution in [0.3, 0.4) is 0 Å². The number of aliphatic hydroxyl groups is 1. The Morgan fingerprint density at radius 3 is 2.55 bits per heavy atom. The molecule has 2 aromatic carbocycles. The number of β-amino-alcohol motifs (C(OH)–C–C–N with tert-alkyl or cyclic N) is 1. The summed E-state index contributed by atoms with van der Waals surface area (Å²) in [6.07, 6.45) is 0.660. The van der Waals surface area contributed by atoms with Crippen LogP contribution in [0.2, 0.25) is 0 Å². The molecule has 0 aromatic heterocycles. The first-order valence-corrected chi connectivity index (χ1v) is 10.9. The number of benzene rings is 2. The molecule has 2 amide bonds. The van der Waals surface area contributed by atoms with Gasteiger partial charge in [-0.05, 0) is 31.9 Å². The van der Waals surface area contributed by atoms with Gasteiger partial charge in [-0.25, -0.2) is 14.2 Å². The Kier molecular flexibility index (Phi) is 6.42. The Morgan fingerprint density at radius 1 is 1.24 bits per heavy atom. The monoisotopic (exact) mass is 456 g/mol. The van der Waals surface area contributed by atoms with E-state index in [9.17, 15) is 9.90 Å². The number of methoxy groups -OCH3 is 2. The van der Waals surface area contributed by atoms with Gasteiger partial charge in [0.2, 0.25) is 0 Å². The molecule has 1 fully saturated rings. The summed E-state index contributed by atoms with van der Waals surface area (Å²) in [5, 5.41) is 18.5. The van der Waals surface area contributed by atoms with Gasteiger partial charge in [-0.1, -0.05) is 12.1 Å². The second-order valence-corrected chi connectivity index (χ2v) is 8.28. The molecule has 8 nitrogen and oxygen atoms in total. The zero-order valence-electron chi connectivity index (χ0n) is 19.3. The van der Waals surface area contributed by atoms with Crippen molar-refractivity contribution >= 4 is 17.4 Å². The van der Waals surface area contributed by atoms with Crippen molar-refractivity contribution in [2.45, 2.75) is 31.9 Å². The Hall–Kier alpha value is -3.33. The highest BCUT2D eigenvalue weighted by molar-refractivity contribution is 6.16. The number of carbonyl (C=O) groups excluding carboxylic acids is 1. The maximum Gasteiger partial charge on any atom is 0.337 e. The predicted molar refractivity (Wildman–Crippen MR) is 124 cm³/mol. The second-order valence-electron chi connectivity index (χ2n) is 8.28. The number of nitrogens with one attached hydrogen (secondary N) is 1. The van der Waals surface area contributed by atoms with E-state index in [2.05, 4.69) is 15.3 Å². The number of hydrogen-bond donors (Lipinski definition) is 2. The number of amides is 2. The first kappa shape index (κ1) is 22.8. The van der Waals surface area contributed by atoms with Crippen LogP contribution in [0.25, 0.3) is 0 Å². The van der Waals surface area contributed by atoms with E-state index in [1.165, 1.54) is 32.3 Å². The molecule has 0 radical (unpaired) electrons. The zero-order chi connectivity index (χ0) is 23.7. The smallest absolute Gasteiger partial charge is 0.337 e. The Bertz CT molecular complexity index is 1070. The average molecular weight is 457 g/mol. The molecular formula is C24H29FN4O4. The van der Waals surface area contributed by atoms with Crippen LogP contribution in [-0.2, 0) is 6.42 Å². The molecule has 2 atom stereocenters. The van der Waals surface area contributed by atoms with Crippen LogP contribution in [0.1, 0.15) is 30.0 Å². The topological polar surface area (TPSA) is 86.6 Å². The van der Waals surface area contributed by atoms with E-state index in [1.54, 1.807) is 0 Å². The molecule has 4 rings (SSSR count). The second kappa shape index (κ2) is 9.27. The fourth-order valence-corrected chi connectivity index (χ4v) is 4.46. The largest absolute Gasteiger partial charge is 0.493 e. The van der Waals surface area contributed by atoms with Gasteiger partial charge in [-0.15, -0.1) is 0 Å². The molecule has 176 valence electrons. The van der Waals surface area contributed by atoms with E-state index in [4.69, 9.17) is 9.47 Å². The van der Waals surface area contributed by atoms with Crippen molar-refractivity contribution < 1.29 is 23.8 Å². The number of rotatable bonds is 4. The molecule has 9 heteroatoms. The third kappa shape index (κ3) is 4.20. The molecule has 2 aromatic rings. The summed E-state index contributed by atoms with van der Waals surface area (Å²) in [5.74, 6) is 0.180. The van der Waals surface area contributed by atoms with Gasteiger partial charge in [0.1, 0.15) is 11.5 Å². The van der Waals surface area contributed by atoms with E-state index in [1.807, 2.05) is 31.2 Å². The van der Waals surface area contributed by atoms with Crippen molar-refractivity contribution in [1.29, 1.82) is 0 Å². The number of ether oxygens (including phenoxy) is 2. The van der Waals surface area contributed by atoms with E-state index >= 15 is 4.39 Å². The molecule has 33 heavy (non-hydrogen) atoms. The highest BCUT2D eigenvalue weighted by Gasteiger charge is 2.32. The minimum Gasteiger partial charge on any atom is -0.493 e. The molecular weight excluding hydrogens is 427 g/mol.